The third-order valence-corrected chi connectivity index (χ3v) is 3.13. The molecule has 0 bridgehead atoms. The Morgan fingerprint density at radius 2 is 1.58 bits per heavy atom. The van der Waals surface area contributed by atoms with Crippen molar-refractivity contribution in [1.82, 2.24) is 4.90 Å². The Bertz CT molecular complexity index is 276. The van der Waals surface area contributed by atoms with Gasteiger partial charge in [-0.2, -0.15) is 0 Å². The summed E-state index contributed by atoms with van der Waals surface area (Å²) in [6.07, 6.45) is 0. The highest BCUT2D eigenvalue weighted by molar-refractivity contribution is 4.89. The van der Waals surface area contributed by atoms with Gasteiger partial charge in [0.05, 0.1) is 23.4 Å². The van der Waals surface area contributed by atoms with Crippen molar-refractivity contribution in [1.29, 1.82) is 0 Å². The summed E-state index contributed by atoms with van der Waals surface area (Å²) >= 11 is 0. The van der Waals surface area contributed by atoms with Gasteiger partial charge in [-0.05, 0) is 54.4 Å². The van der Waals surface area contributed by atoms with Crippen LogP contribution in [0.1, 0.15) is 55.4 Å². The van der Waals surface area contributed by atoms with E-state index in [0.29, 0.717) is 5.92 Å². The van der Waals surface area contributed by atoms with Gasteiger partial charge < -0.3 is 9.47 Å². The summed E-state index contributed by atoms with van der Waals surface area (Å²) in [7, 11) is 0. The van der Waals surface area contributed by atoms with Gasteiger partial charge in [0.25, 0.3) is 0 Å². The maximum Gasteiger partial charge on any atom is 0.0760 e. The molecule has 3 nitrogen and oxygen atoms in total. The van der Waals surface area contributed by atoms with E-state index in [0.717, 1.165) is 26.2 Å². The first-order valence-corrected chi connectivity index (χ1v) is 7.45. The lowest BCUT2D eigenvalue weighted by molar-refractivity contribution is -0.183. The molecule has 1 saturated heterocycles. The fraction of sp³-hybridized carbons (Fsp3) is 1.00. The summed E-state index contributed by atoms with van der Waals surface area (Å²) in [4.78, 5) is 2.51. The van der Waals surface area contributed by atoms with Gasteiger partial charge in [0.1, 0.15) is 0 Å². The van der Waals surface area contributed by atoms with Crippen LogP contribution in [-0.4, -0.2) is 47.9 Å². The minimum absolute atomic E-state index is 0.0438. The smallest absolute Gasteiger partial charge is 0.0760 e. The van der Waals surface area contributed by atoms with E-state index in [1.165, 1.54) is 0 Å². The van der Waals surface area contributed by atoms with E-state index in [1.54, 1.807) is 0 Å². The van der Waals surface area contributed by atoms with E-state index < -0.39 is 0 Å². The molecule has 0 amide bonds. The summed E-state index contributed by atoms with van der Waals surface area (Å²) in [5.74, 6) is 0.545. The Morgan fingerprint density at radius 3 is 2.00 bits per heavy atom. The SMILES string of the molecule is C[C@@H](COC(C)(C)C)CN1CC(C)(C)OC(C)(C)C1. The van der Waals surface area contributed by atoms with Crippen molar-refractivity contribution in [2.75, 3.05) is 26.2 Å². The fourth-order valence-corrected chi connectivity index (χ4v) is 2.96. The van der Waals surface area contributed by atoms with Crippen LogP contribution < -0.4 is 0 Å². The first-order valence-electron chi connectivity index (χ1n) is 7.45. The highest BCUT2D eigenvalue weighted by atomic mass is 16.5. The zero-order valence-electron chi connectivity index (χ0n) is 14.2. The quantitative estimate of drug-likeness (QED) is 0.783. The van der Waals surface area contributed by atoms with Gasteiger partial charge in [-0.15, -0.1) is 0 Å². The highest BCUT2D eigenvalue weighted by Crippen LogP contribution is 2.28. The topological polar surface area (TPSA) is 21.7 Å². The summed E-state index contributed by atoms with van der Waals surface area (Å²) in [5, 5.41) is 0. The number of morpholine rings is 1. The molecule has 0 aromatic carbocycles. The molecule has 1 aliphatic heterocycles. The molecule has 1 fully saturated rings. The van der Waals surface area contributed by atoms with Crippen LogP contribution in [0.5, 0.6) is 0 Å². The first-order chi connectivity index (χ1) is 8.39. The predicted molar refractivity (Wildman–Crippen MR) is 80.6 cm³/mol. The van der Waals surface area contributed by atoms with E-state index in [-0.39, 0.29) is 16.8 Å². The second-order valence-electron chi connectivity index (χ2n) is 8.32. The van der Waals surface area contributed by atoms with Crippen LogP contribution in [0.15, 0.2) is 0 Å². The number of hydrogen-bond donors (Lipinski definition) is 0. The van der Waals surface area contributed by atoms with E-state index in [1.807, 2.05) is 0 Å². The maximum atomic E-state index is 6.11. The van der Waals surface area contributed by atoms with Crippen LogP contribution in [0, 0.1) is 5.92 Å². The van der Waals surface area contributed by atoms with Crippen molar-refractivity contribution in [3.63, 3.8) is 0 Å². The minimum atomic E-state index is -0.0631. The Hall–Kier alpha value is -0.120. The third-order valence-electron chi connectivity index (χ3n) is 3.13. The lowest BCUT2D eigenvalue weighted by Crippen LogP contribution is -2.58. The number of ether oxygens (including phenoxy) is 2. The maximum absolute atomic E-state index is 6.11. The molecule has 1 heterocycles. The summed E-state index contributed by atoms with van der Waals surface area (Å²) < 4.78 is 12.0. The molecule has 1 rings (SSSR count). The fourth-order valence-electron chi connectivity index (χ4n) is 2.96. The molecule has 0 radical (unpaired) electrons. The number of rotatable bonds is 4. The zero-order valence-corrected chi connectivity index (χ0v) is 14.2. The molecule has 1 atom stereocenters. The van der Waals surface area contributed by atoms with Crippen molar-refractivity contribution in [2.24, 2.45) is 5.92 Å². The van der Waals surface area contributed by atoms with Crippen molar-refractivity contribution in [3.8, 4) is 0 Å². The van der Waals surface area contributed by atoms with E-state index in [9.17, 15) is 0 Å². The van der Waals surface area contributed by atoms with Crippen LogP contribution >= 0.6 is 0 Å². The Kier molecular flexibility index (Phi) is 5.09. The molecule has 0 N–H and O–H groups in total. The van der Waals surface area contributed by atoms with Crippen LogP contribution in [0.4, 0.5) is 0 Å². The zero-order chi connectivity index (χ0) is 14.9. The molecular formula is C16H33NO2. The molecule has 0 unspecified atom stereocenters. The van der Waals surface area contributed by atoms with Gasteiger partial charge >= 0.3 is 0 Å². The molecule has 0 aromatic rings. The molecule has 0 saturated carbocycles. The lowest BCUT2D eigenvalue weighted by Gasteiger charge is -2.47. The van der Waals surface area contributed by atoms with E-state index in [4.69, 9.17) is 9.47 Å². The van der Waals surface area contributed by atoms with Crippen LogP contribution in [-0.2, 0) is 9.47 Å². The van der Waals surface area contributed by atoms with Crippen molar-refractivity contribution >= 4 is 0 Å². The van der Waals surface area contributed by atoms with E-state index >= 15 is 0 Å². The average molecular weight is 271 g/mol. The Balaban J connectivity index is 2.47. The van der Waals surface area contributed by atoms with Gasteiger partial charge in [0.15, 0.2) is 0 Å². The average Bonchev–Trinajstić information content (AvgIpc) is 2.07. The molecule has 0 aliphatic carbocycles. The Labute approximate surface area is 119 Å². The molecule has 1 aliphatic rings. The van der Waals surface area contributed by atoms with Gasteiger partial charge in [0, 0.05) is 19.6 Å². The third kappa shape index (κ3) is 6.73. The summed E-state index contributed by atoms with van der Waals surface area (Å²) in [6, 6.07) is 0. The van der Waals surface area contributed by atoms with Crippen LogP contribution in [0.2, 0.25) is 0 Å². The monoisotopic (exact) mass is 271 g/mol. The van der Waals surface area contributed by atoms with Crippen molar-refractivity contribution in [3.05, 3.63) is 0 Å². The van der Waals surface area contributed by atoms with E-state index in [2.05, 4.69) is 60.3 Å². The van der Waals surface area contributed by atoms with Gasteiger partial charge in [-0.1, -0.05) is 6.92 Å². The van der Waals surface area contributed by atoms with Crippen molar-refractivity contribution < 1.29 is 9.47 Å². The second-order valence-corrected chi connectivity index (χ2v) is 8.32. The summed E-state index contributed by atoms with van der Waals surface area (Å²) in [5.41, 5.74) is -0.170. The normalized spacial score (nSPS) is 25.3. The first kappa shape index (κ1) is 16.9. The largest absolute Gasteiger partial charge is 0.376 e. The highest BCUT2D eigenvalue weighted by Gasteiger charge is 2.38. The molecular weight excluding hydrogens is 238 g/mol. The number of hydrogen-bond acceptors (Lipinski definition) is 3. The standard InChI is InChI=1S/C16H33NO2/c1-13(10-18-14(2,3)4)9-17-11-15(5,6)19-16(7,8)12-17/h13H,9-12H2,1-8H3/t13-/m1/s1. The Morgan fingerprint density at radius 1 is 1.11 bits per heavy atom. The predicted octanol–water partition coefficient (Wildman–Crippen LogP) is 3.33. The molecule has 0 spiro atoms. The molecule has 114 valence electrons. The second kappa shape index (κ2) is 5.71. The minimum Gasteiger partial charge on any atom is -0.376 e. The van der Waals surface area contributed by atoms with Gasteiger partial charge in [0.2, 0.25) is 0 Å². The molecule has 0 aromatic heterocycles. The summed E-state index contributed by atoms with van der Waals surface area (Å²) in [6.45, 7) is 21.2. The number of nitrogens with zero attached hydrogens (tertiary/aromatic N) is 1. The van der Waals surface area contributed by atoms with Gasteiger partial charge in [-0.3, -0.25) is 4.90 Å². The van der Waals surface area contributed by atoms with Gasteiger partial charge in [-0.25, -0.2) is 0 Å². The van der Waals surface area contributed by atoms with Crippen LogP contribution in [0.25, 0.3) is 0 Å². The van der Waals surface area contributed by atoms with Crippen LogP contribution in [0.3, 0.4) is 0 Å². The van der Waals surface area contributed by atoms with Crippen molar-refractivity contribution in [2.45, 2.75) is 72.2 Å². The molecule has 3 heteroatoms. The lowest BCUT2D eigenvalue weighted by atomic mass is 9.98. The molecule has 19 heavy (non-hydrogen) atoms.